The lowest BCUT2D eigenvalue weighted by Gasteiger charge is -2.34. The Morgan fingerprint density at radius 1 is 1.07 bits per heavy atom. The Balaban J connectivity index is 3.37. The van der Waals surface area contributed by atoms with E-state index < -0.39 is 41.6 Å². The van der Waals surface area contributed by atoms with Crippen molar-refractivity contribution >= 4 is 42.6 Å². The number of nitrogens with zero attached hydrogens (tertiary/aromatic N) is 1. The van der Waals surface area contributed by atoms with Gasteiger partial charge in [0.1, 0.15) is 17.7 Å². The summed E-state index contributed by atoms with van der Waals surface area (Å²) in [6, 6.07) is 5.21. The van der Waals surface area contributed by atoms with Gasteiger partial charge >= 0.3 is 12.1 Å². The minimum absolute atomic E-state index is 0.00381. The third-order valence-electron chi connectivity index (χ3n) is 6.16. The molecule has 0 saturated heterocycles. The highest BCUT2D eigenvalue weighted by molar-refractivity contribution is 7.80. The highest BCUT2D eigenvalue weighted by Gasteiger charge is 2.35. The van der Waals surface area contributed by atoms with Crippen LogP contribution in [0.5, 0.6) is 0 Å². The summed E-state index contributed by atoms with van der Waals surface area (Å²) < 4.78 is 10.3. The summed E-state index contributed by atoms with van der Waals surface area (Å²) in [4.78, 5) is 53.6. The number of benzene rings is 1. The van der Waals surface area contributed by atoms with Crippen LogP contribution in [-0.4, -0.2) is 65.9 Å². The molecule has 0 spiro atoms. The lowest BCUT2D eigenvalue weighted by molar-refractivity contribution is -0.144. The molecular weight excluding hydrogens is 542 g/mol. The van der Waals surface area contributed by atoms with Gasteiger partial charge in [-0.05, 0) is 51.3 Å². The average molecular weight is 592 g/mol. The minimum Gasteiger partial charge on any atom is -0.466 e. The predicted octanol–water partition coefficient (Wildman–Crippen LogP) is 5.45. The molecule has 9 nitrogen and oxygen atoms in total. The molecule has 2 atom stereocenters. The number of carbonyl (C=O) groups excluding carboxylic acids is 4. The van der Waals surface area contributed by atoms with E-state index >= 15 is 0 Å². The van der Waals surface area contributed by atoms with Crippen LogP contribution in [0.1, 0.15) is 96.7 Å². The molecule has 41 heavy (non-hydrogen) atoms. The lowest BCUT2D eigenvalue weighted by Crippen LogP contribution is -2.54. The van der Waals surface area contributed by atoms with Crippen LogP contribution in [0.15, 0.2) is 30.8 Å². The van der Waals surface area contributed by atoms with E-state index in [0.29, 0.717) is 18.5 Å². The number of carbonyl (C=O) groups is 4. The number of rotatable bonds is 18. The molecule has 10 heteroatoms. The fourth-order valence-corrected chi connectivity index (χ4v) is 4.46. The molecule has 0 aliphatic rings. The van der Waals surface area contributed by atoms with Crippen LogP contribution in [-0.2, 0) is 23.9 Å². The molecule has 0 fully saturated rings. The second-order valence-electron chi connectivity index (χ2n) is 10.8. The van der Waals surface area contributed by atoms with Gasteiger partial charge in [0, 0.05) is 18.8 Å². The number of ether oxygens (including phenoxy) is 2. The van der Waals surface area contributed by atoms with Crippen molar-refractivity contribution in [1.82, 2.24) is 15.5 Å². The SMILES string of the molecule is C=Cc1cccc(C(C(=O)NCCC(=O)OCC)N(CCCCCCCC)C(=O)C(CS)NC(=O)OC(C)(C)C)c1. The second-order valence-corrected chi connectivity index (χ2v) is 11.2. The maximum atomic E-state index is 14.0. The van der Waals surface area contributed by atoms with E-state index in [2.05, 4.69) is 36.8 Å². The number of nitrogens with one attached hydrogen (secondary N) is 2. The molecular formula is C31H49N3O6S. The number of amides is 3. The van der Waals surface area contributed by atoms with Gasteiger partial charge in [0.25, 0.3) is 0 Å². The first kappa shape index (κ1) is 36.0. The Morgan fingerprint density at radius 2 is 1.76 bits per heavy atom. The van der Waals surface area contributed by atoms with Crippen molar-refractivity contribution in [3.05, 3.63) is 42.0 Å². The Kier molecular flexibility index (Phi) is 16.8. The van der Waals surface area contributed by atoms with Gasteiger partial charge in [-0.1, -0.05) is 69.9 Å². The van der Waals surface area contributed by atoms with Crippen molar-refractivity contribution in [3.8, 4) is 0 Å². The number of alkyl carbamates (subject to hydrolysis) is 1. The smallest absolute Gasteiger partial charge is 0.408 e. The molecule has 0 aliphatic carbocycles. The Labute approximate surface area is 251 Å². The van der Waals surface area contributed by atoms with Crippen LogP contribution < -0.4 is 10.6 Å². The third kappa shape index (κ3) is 13.9. The third-order valence-corrected chi connectivity index (χ3v) is 6.53. The molecule has 2 N–H and O–H groups in total. The van der Waals surface area contributed by atoms with Crippen molar-refractivity contribution in [3.63, 3.8) is 0 Å². The van der Waals surface area contributed by atoms with Crippen LogP contribution in [0.2, 0.25) is 0 Å². The first-order chi connectivity index (χ1) is 19.5. The van der Waals surface area contributed by atoms with E-state index in [0.717, 1.165) is 37.7 Å². The summed E-state index contributed by atoms with van der Waals surface area (Å²) in [5.74, 6) is -1.30. The molecule has 3 amide bonds. The Morgan fingerprint density at radius 3 is 2.37 bits per heavy atom. The maximum Gasteiger partial charge on any atom is 0.408 e. The van der Waals surface area contributed by atoms with Crippen molar-refractivity contribution in [2.75, 3.05) is 25.4 Å². The second kappa shape index (κ2) is 19.2. The molecule has 230 valence electrons. The van der Waals surface area contributed by atoms with E-state index in [9.17, 15) is 19.2 Å². The zero-order valence-electron chi connectivity index (χ0n) is 25.4. The van der Waals surface area contributed by atoms with Gasteiger partial charge in [-0.15, -0.1) is 0 Å². The molecule has 0 heterocycles. The van der Waals surface area contributed by atoms with Gasteiger partial charge in [0.2, 0.25) is 11.8 Å². The van der Waals surface area contributed by atoms with E-state index in [1.165, 1.54) is 4.90 Å². The summed E-state index contributed by atoms with van der Waals surface area (Å²) in [6.07, 6.45) is 6.88. The van der Waals surface area contributed by atoms with Gasteiger partial charge in [0.05, 0.1) is 13.0 Å². The van der Waals surface area contributed by atoms with Crippen molar-refractivity contribution in [1.29, 1.82) is 0 Å². The Bertz CT molecular complexity index is 994. The van der Waals surface area contributed by atoms with Crippen LogP contribution in [0.25, 0.3) is 6.08 Å². The molecule has 0 aliphatic heterocycles. The van der Waals surface area contributed by atoms with E-state index in [1.54, 1.807) is 52.0 Å². The summed E-state index contributed by atoms with van der Waals surface area (Å²) in [5.41, 5.74) is 0.626. The fourth-order valence-electron chi connectivity index (χ4n) is 4.21. The van der Waals surface area contributed by atoms with Gasteiger partial charge in [-0.2, -0.15) is 12.6 Å². The van der Waals surface area contributed by atoms with Crippen molar-refractivity contribution < 1.29 is 28.7 Å². The highest BCUT2D eigenvalue weighted by atomic mass is 32.1. The molecule has 1 aromatic carbocycles. The maximum absolute atomic E-state index is 14.0. The molecule has 1 rings (SSSR count). The van der Waals surface area contributed by atoms with Gasteiger partial charge < -0.3 is 25.0 Å². The predicted molar refractivity (Wildman–Crippen MR) is 166 cm³/mol. The summed E-state index contributed by atoms with van der Waals surface area (Å²) in [5, 5.41) is 5.42. The van der Waals surface area contributed by atoms with Crippen LogP contribution in [0.4, 0.5) is 4.79 Å². The quantitative estimate of drug-likeness (QED) is 0.119. The largest absolute Gasteiger partial charge is 0.466 e. The minimum atomic E-state index is -1.02. The summed E-state index contributed by atoms with van der Waals surface area (Å²) in [7, 11) is 0. The standard InChI is InChI=1S/C31H49N3O6S/c1-7-10-11-12-13-14-20-34(29(37)25(22-41)33-30(38)40-31(4,5)6)27(24-17-15-16-23(8-2)21-24)28(36)32-19-18-26(35)39-9-3/h8,15-17,21,25,27,41H,2,7,9-14,18-20,22H2,1,3-6H3,(H,32,36)(H,33,38). The van der Waals surface area contributed by atoms with E-state index in [4.69, 9.17) is 9.47 Å². The van der Waals surface area contributed by atoms with Gasteiger partial charge in [-0.3, -0.25) is 14.4 Å². The van der Waals surface area contributed by atoms with Crippen LogP contribution in [0.3, 0.4) is 0 Å². The molecule has 0 radical (unpaired) electrons. The first-order valence-corrected chi connectivity index (χ1v) is 15.2. The fraction of sp³-hybridized carbons (Fsp3) is 0.613. The summed E-state index contributed by atoms with van der Waals surface area (Å²) in [6.45, 7) is 13.5. The zero-order valence-corrected chi connectivity index (χ0v) is 26.3. The van der Waals surface area contributed by atoms with Crippen molar-refractivity contribution in [2.45, 2.75) is 97.2 Å². The van der Waals surface area contributed by atoms with E-state index in [-0.39, 0.29) is 25.3 Å². The molecule has 1 aromatic rings. The number of esters is 1. The number of unbranched alkanes of at least 4 members (excludes halogenated alkanes) is 5. The number of hydrogen-bond acceptors (Lipinski definition) is 7. The molecule has 2 unspecified atom stereocenters. The summed E-state index contributed by atoms with van der Waals surface area (Å²) >= 11 is 4.34. The molecule has 0 saturated carbocycles. The number of thiol groups is 1. The Hall–Kier alpha value is -3.01. The van der Waals surface area contributed by atoms with Gasteiger partial charge in [0.15, 0.2) is 0 Å². The van der Waals surface area contributed by atoms with Crippen LogP contribution >= 0.6 is 12.6 Å². The monoisotopic (exact) mass is 591 g/mol. The topological polar surface area (TPSA) is 114 Å². The lowest BCUT2D eigenvalue weighted by atomic mass is 9.99. The van der Waals surface area contributed by atoms with Crippen molar-refractivity contribution in [2.24, 2.45) is 0 Å². The zero-order chi connectivity index (χ0) is 30.8. The average Bonchev–Trinajstić information content (AvgIpc) is 2.91. The normalized spacial score (nSPS) is 12.5. The number of hydrogen-bond donors (Lipinski definition) is 3. The molecule has 0 bridgehead atoms. The van der Waals surface area contributed by atoms with E-state index in [1.807, 2.05) is 6.07 Å². The van der Waals surface area contributed by atoms with Crippen LogP contribution in [0, 0.1) is 0 Å². The highest BCUT2D eigenvalue weighted by Crippen LogP contribution is 2.25. The first-order valence-electron chi connectivity index (χ1n) is 14.5. The van der Waals surface area contributed by atoms with Gasteiger partial charge in [-0.25, -0.2) is 4.79 Å². The molecule has 0 aromatic heterocycles.